The number of esters is 1. The van der Waals surface area contributed by atoms with Gasteiger partial charge in [0.05, 0.1) is 24.9 Å². The lowest BCUT2D eigenvalue weighted by Gasteiger charge is -2.27. The molecule has 0 aromatic carbocycles. The van der Waals surface area contributed by atoms with E-state index in [2.05, 4.69) is 4.90 Å². The van der Waals surface area contributed by atoms with Crippen LogP contribution in [-0.2, 0) is 26.9 Å². The first-order valence-corrected chi connectivity index (χ1v) is 10.4. The van der Waals surface area contributed by atoms with E-state index in [1.807, 2.05) is 13.8 Å². The number of carbonyl (C=O) groups is 1. The Balaban J connectivity index is 1.92. The molecule has 3 rings (SSSR count). The summed E-state index contributed by atoms with van der Waals surface area (Å²) in [5, 5.41) is 0. The van der Waals surface area contributed by atoms with E-state index in [0.717, 1.165) is 11.0 Å². The lowest BCUT2D eigenvalue weighted by molar-refractivity contribution is -0.147. The number of alkyl halides is 3. The Morgan fingerprint density at radius 2 is 2.10 bits per heavy atom. The second-order valence-electron chi connectivity index (χ2n) is 8.44. The SMILES string of the molecule is CCOC(=O)C(CC(C)C)n1cc(CCN2CC3CC2CO3)c(C(F)(F)F)cc1=O. The van der Waals surface area contributed by atoms with Crippen molar-refractivity contribution < 1.29 is 27.4 Å². The van der Waals surface area contributed by atoms with Gasteiger partial charge in [0.2, 0.25) is 0 Å². The van der Waals surface area contributed by atoms with E-state index < -0.39 is 29.3 Å². The highest BCUT2D eigenvalue weighted by molar-refractivity contribution is 5.74. The maximum Gasteiger partial charge on any atom is 0.416 e. The fourth-order valence-corrected chi connectivity index (χ4v) is 4.32. The van der Waals surface area contributed by atoms with E-state index in [1.165, 1.54) is 6.20 Å². The van der Waals surface area contributed by atoms with Crippen LogP contribution in [0.4, 0.5) is 13.2 Å². The van der Waals surface area contributed by atoms with Gasteiger partial charge in [0.15, 0.2) is 0 Å². The zero-order chi connectivity index (χ0) is 22.1. The summed E-state index contributed by atoms with van der Waals surface area (Å²) in [6.07, 6.45) is -1.93. The quantitative estimate of drug-likeness (QED) is 0.594. The van der Waals surface area contributed by atoms with E-state index in [1.54, 1.807) is 6.92 Å². The molecular formula is C21H29F3N2O4. The van der Waals surface area contributed by atoms with Gasteiger partial charge in [0, 0.05) is 31.4 Å². The lowest BCUT2D eigenvalue weighted by atomic mass is 10.0. The summed E-state index contributed by atoms with van der Waals surface area (Å²) in [5.74, 6) is -0.551. The van der Waals surface area contributed by atoms with E-state index >= 15 is 0 Å². The molecule has 3 unspecified atom stereocenters. The predicted molar refractivity (Wildman–Crippen MR) is 104 cm³/mol. The summed E-state index contributed by atoms with van der Waals surface area (Å²) in [5.41, 5.74) is -1.77. The first kappa shape index (κ1) is 22.8. The number of rotatable bonds is 8. The van der Waals surface area contributed by atoms with E-state index in [-0.39, 0.29) is 36.7 Å². The number of nitrogens with zero attached hydrogens (tertiary/aromatic N) is 2. The Kier molecular flexibility index (Phi) is 6.91. The molecule has 1 aromatic rings. The molecule has 0 radical (unpaired) electrons. The summed E-state index contributed by atoms with van der Waals surface area (Å²) in [6, 6.07) is -0.0978. The Morgan fingerprint density at radius 1 is 1.37 bits per heavy atom. The first-order chi connectivity index (χ1) is 14.1. The molecule has 0 saturated carbocycles. The average molecular weight is 430 g/mol. The van der Waals surface area contributed by atoms with Crippen LogP contribution in [0.15, 0.2) is 17.1 Å². The molecule has 3 heterocycles. The van der Waals surface area contributed by atoms with Crippen molar-refractivity contribution in [1.82, 2.24) is 9.47 Å². The summed E-state index contributed by atoms with van der Waals surface area (Å²) in [7, 11) is 0. The third-order valence-corrected chi connectivity index (χ3v) is 5.74. The second-order valence-corrected chi connectivity index (χ2v) is 8.44. The monoisotopic (exact) mass is 430 g/mol. The van der Waals surface area contributed by atoms with Crippen LogP contribution in [0.2, 0.25) is 0 Å². The van der Waals surface area contributed by atoms with Crippen molar-refractivity contribution in [3.05, 3.63) is 33.7 Å². The van der Waals surface area contributed by atoms with Crippen molar-refractivity contribution >= 4 is 5.97 Å². The lowest BCUT2D eigenvalue weighted by Crippen LogP contribution is -2.39. The van der Waals surface area contributed by atoms with Gasteiger partial charge in [-0.2, -0.15) is 13.2 Å². The van der Waals surface area contributed by atoms with Crippen LogP contribution >= 0.6 is 0 Å². The number of carbonyl (C=O) groups excluding carboxylic acids is 1. The Labute approximate surface area is 173 Å². The smallest absolute Gasteiger partial charge is 0.416 e. The topological polar surface area (TPSA) is 60.8 Å². The molecule has 3 atom stereocenters. The van der Waals surface area contributed by atoms with Crippen LogP contribution in [0, 0.1) is 5.92 Å². The Bertz CT molecular complexity index is 821. The van der Waals surface area contributed by atoms with Crippen molar-refractivity contribution in [2.24, 2.45) is 5.92 Å². The van der Waals surface area contributed by atoms with E-state index in [4.69, 9.17) is 9.47 Å². The Morgan fingerprint density at radius 3 is 2.63 bits per heavy atom. The van der Waals surface area contributed by atoms with Gasteiger partial charge < -0.3 is 14.0 Å². The number of hydrogen-bond donors (Lipinski definition) is 0. The van der Waals surface area contributed by atoms with Crippen molar-refractivity contribution in [2.45, 2.75) is 64.4 Å². The molecule has 1 aromatic heterocycles. The summed E-state index contributed by atoms with van der Waals surface area (Å²) < 4.78 is 52.6. The van der Waals surface area contributed by atoms with Gasteiger partial charge in [-0.15, -0.1) is 0 Å². The highest BCUT2D eigenvalue weighted by atomic mass is 19.4. The van der Waals surface area contributed by atoms with Gasteiger partial charge in [-0.3, -0.25) is 9.69 Å². The molecule has 2 saturated heterocycles. The minimum atomic E-state index is -4.64. The summed E-state index contributed by atoms with van der Waals surface area (Å²) in [6.45, 7) is 7.31. The standard InChI is InChI=1S/C21H29F3N2O4/c1-4-29-20(28)18(7-13(2)3)26-10-14(17(9-19(26)27)21(22,23)24)5-6-25-11-16-8-15(25)12-30-16/h9-10,13,15-16,18H,4-8,11-12H2,1-3H3. The molecule has 0 aliphatic carbocycles. The van der Waals surface area contributed by atoms with Crippen LogP contribution in [0.25, 0.3) is 0 Å². The van der Waals surface area contributed by atoms with Gasteiger partial charge in [-0.05, 0) is 37.7 Å². The normalized spacial score (nSPS) is 22.6. The molecular weight excluding hydrogens is 401 g/mol. The van der Waals surface area contributed by atoms with Crippen LogP contribution in [0.5, 0.6) is 0 Å². The number of hydrogen-bond acceptors (Lipinski definition) is 5. The fraction of sp³-hybridized carbons (Fsp3) is 0.714. The van der Waals surface area contributed by atoms with Crippen LogP contribution in [0.3, 0.4) is 0 Å². The van der Waals surface area contributed by atoms with Gasteiger partial charge in [0.1, 0.15) is 6.04 Å². The largest absolute Gasteiger partial charge is 0.464 e. The molecule has 2 aliphatic rings. The van der Waals surface area contributed by atoms with Gasteiger partial charge >= 0.3 is 12.1 Å². The van der Waals surface area contributed by atoms with Crippen molar-refractivity contribution in [1.29, 1.82) is 0 Å². The number of morpholine rings is 1. The van der Waals surface area contributed by atoms with Crippen molar-refractivity contribution in [3.8, 4) is 0 Å². The van der Waals surface area contributed by atoms with Crippen LogP contribution < -0.4 is 5.56 Å². The first-order valence-electron chi connectivity index (χ1n) is 10.4. The van der Waals surface area contributed by atoms with Crippen molar-refractivity contribution in [3.63, 3.8) is 0 Å². The van der Waals surface area contributed by atoms with Crippen LogP contribution in [-0.4, -0.2) is 53.9 Å². The van der Waals surface area contributed by atoms with Crippen molar-refractivity contribution in [2.75, 3.05) is 26.3 Å². The predicted octanol–water partition coefficient (Wildman–Crippen LogP) is 3.03. The fourth-order valence-electron chi connectivity index (χ4n) is 4.32. The summed E-state index contributed by atoms with van der Waals surface area (Å²) >= 11 is 0. The number of ether oxygens (including phenoxy) is 2. The zero-order valence-corrected chi connectivity index (χ0v) is 17.6. The molecule has 2 bridgehead atoms. The molecule has 0 spiro atoms. The summed E-state index contributed by atoms with van der Waals surface area (Å²) in [4.78, 5) is 27.2. The Hall–Kier alpha value is -1.87. The highest BCUT2D eigenvalue weighted by Gasteiger charge is 2.39. The number of aromatic nitrogens is 1. The van der Waals surface area contributed by atoms with E-state index in [0.29, 0.717) is 32.2 Å². The third-order valence-electron chi connectivity index (χ3n) is 5.74. The highest BCUT2D eigenvalue weighted by Crippen LogP contribution is 2.33. The number of fused-ring (bicyclic) bond motifs is 2. The molecule has 168 valence electrons. The zero-order valence-electron chi connectivity index (χ0n) is 17.6. The molecule has 0 amide bonds. The molecule has 9 heteroatoms. The number of likely N-dealkylation sites (tertiary alicyclic amines) is 1. The minimum absolute atomic E-state index is 0.0175. The number of halogens is 3. The molecule has 0 N–H and O–H groups in total. The average Bonchev–Trinajstić information content (AvgIpc) is 3.27. The maximum absolute atomic E-state index is 13.6. The second kappa shape index (κ2) is 9.09. The molecule has 2 aliphatic heterocycles. The molecule has 6 nitrogen and oxygen atoms in total. The minimum Gasteiger partial charge on any atom is -0.464 e. The maximum atomic E-state index is 13.6. The molecule has 30 heavy (non-hydrogen) atoms. The van der Waals surface area contributed by atoms with Gasteiger partial charge in [-0.25, -0.2) is 4.79 Å². The van der Waals surface area contributed by atoms with Crippen LogP contribution in [0.1, 0.15) is 50.8 Å². The van der Waals surface area contributed by atoms with Gasteiger partial charge in [0.25, 0.3) is 5.56 Å². The van der Waals surface area contributed by atoms with E-state index in [9.17, 15) is 22.8 Å². The van der Waals surface area contributed by atoms with Gasteiger partial charge in [-0.1, -0.05) is 13.8 Å². The number of pyridine rings is 1. The third kappa shape index (κ3) is 5.06. The molecule has 2 fully saturated rings.